The number of amides is 1. The van der Waals surface area contributed by atoms with Crippen molar-refractivity contribution in [3.05, 3.63) is 23.7 Å². The smallest absolute Gasteiger partial charge is 0.268 e. The third-order valence-corrected chi connectivity index (χ3v) is 3.13. The number of carbonyl (C=O) groups excluding carboxylic acids is 1. The van der Waals surface area contributed by atoms with Gasteiger partial charge >= 0.3 is 0 Å². The van der Waals surface area contributed by atoms with Gasteiger partial charge in [-0.3, -0.25) is 15.1 Å². The number of furan rings is 1. The maximum Gasteiger partial charge on any atom is 0.268 e. The molecule has 0 aliphatic carbocycles. The van der Waals surface area contributed by atoms with E-state index in [1.807, 2.05) is 14.1 Å². The fourth-order valence-corrected chi connectivity index (χ4v) is 2.15. The second kappa shape index (κ2) is 7.28. The van der Waals surface area contributed by atoms with E-state index in [4.69, 9.17) is 10.3 Å². The first kappa shape index (κ1) is 15.7. The van der Waals surface area contributed by atoms with Crippen molar-refractivity contribution in [1.82, 2.24) is 15.2 Å². The molecule has 1 aromatic rings. The zero-order valence-electron chi connectivity index (χ0n) is 12.1. The Morgan fingerprint density at radius 2 is 2.21 bits per heavy atom. The lowest BCUT2D eigenvalue weighted by Gasteiger charge is -2.29. The number of nitrogens with zero attached hydrogens (tertiary/aromatic N) is 2. The summed E-state index contributed by atoms with van der Waals surface area (Å²) in [5, 5.41) is 0. The number of hydrogen-bond donors (Lipinski definition) is 2. The first-order valence-electron chi connectivity index (χ1n) is 6.45. The summed E-state index contributed by atoms with van der Waals surface area (Å²) in [6, 6.07) is 2.01. The van der Waals surface area contributed by atoms with Crippen LogP contribution in [0.1, 0.15) is 30.0 Å². The number of nitrogen functional groups attached to an aromatic ring is 1. The number of hydrazine groups is 1. The Morgan fingerprint density at radius 1 is 1.53 bits per heavy atom. The van der Waals surface area contributed by atoms with Gasteiger partial charge in [0.15, 0.2) is 0 Å². The molecular weight excluding hydrogens is 244 g/mol. The summed E-state index contributed by atoms with van der Waals surface area (Å²) in [7, 11) is 4.09. The second-order valence-electron chi connectivity index (χ2n) is 4.91. The van der Waals surface area contributed by atoms with E-state index >= 15 is 0 Å². The van der Waals surface area contributed by atoms with Crippen molar-refractivity contribution in [1.29, 1.82) is 0 Å². The van der Waals surface area contributed by atoms with Crippen LogP contribution >= 0.6 is 0 Å². The van der Waals surface area contributed by atoms with Gasteiger partial charge in [0.2, 0.25) is 0 Å². The third-order valence-electron chi connectivity index (χ3n) is 3.13. The maximum atomic E-state index is 11.6. The van der Waals surface area contributed by atoms with Crippen molar-refractivity contribution < 1.29 is 9.21 Å². The molecule has 0 aliphatic rings. The number of nitrogens with two attached hydrogens (primary N) is 1. The van der Waals surface area contributed by atoms with Crippen LogP contribution in [0.3, 0.4) is 0 Å². The topological polar surface area (TPSA) is 74.7 Å². The van der Waals surface area contributed by atoms with Gasteiger partial charge in [-0.05, 0) is 33.6 Å². The van der Waals surface area contributed by atoms with E-state index in [-0.39, 0.29) is 5.91 Å². The first-order chi connectivity index (χ1) is 8.99. The van der Waals surface area contributed by atoms with Crippen LogP contribution < -0.4 is 11.3 Å². The van der Waals surface area contributed by atoms with Crippen molar-refractivity contribution in [3.8, 4) is 0 Å². The minimum atomic E-state index is -0.319. The van der Waals surface area contributed by atoms with Crippen LogP contribution in [0.4, 0.5) is 0 Å². The molecule has 3 N–H and O–H groups in total. The Hall–Kier alpha value is -1.37. The van der Waals surface area contributed by atoms with Crippen LogP contribution in [0.25, 0.3) is 0 Å². The standard InChI is InChI=1S/C13H24N4O2/c1-5-17(10(2)8-16(3)4)9-12-11(6-7-19-12)13(18)15-14/h6-7,10H,5,8-9,14H2,1-4H3,(H,15,18). The molecule has 1 unspecified atom stereocenters. The highest BCUT2D eigenvalue weighted by atomic mass is 16.3. The molecule has 0 fully saturated rings. The molecule has 1 heterocycles. The molecule has 1 aromatic heterocycles. The quantitative estimate of drug-likeness (QED) is 0.431. The zero-order valence-corrected chi connectivity index (χ0v) is 12.1. The monoisotopic (exact) mass is 268 g/mol. The average Bonchev–Trinajstić information content (AvgIpc) is 2.82. The molecule has 0 saturated carbocycles. The van der Waals surface area contributed by atoms with Crippen molar-refractivity contribution >= 4 is 5.91 Å². The summed E-state index contributed by atoms with van der Waals surface area (Å²) >= 11 is 0. The molecule has 0 spiro atoms. The molecule has 0 bridgehead atoms. The van der Waals surface area contributed by atoms with Crippen molar-refractivity contribution in [2.45, 2.75) is 26.4 Å². The maximum absolute atomic E-state index is 11.6. The van der Waals surface area contributed by atoms with Gasteiger partial charge < -0.3 is 9.32 Å². The number of nitrogens with one attached hydrogen (secondary N) is 1. The van der Waals surface area contributed by atoms with Gasteiger partial charge in [0.1, 0.15) is 5.76 Å². The number of carbonyl (C=O) groups is 1. The highest BCUT2D eigenvalue weighted by Crippen LogP contribution is 2.15. The summed E-state index contributed by atoms with van der Waals surface area (Å²) in [5.74, 6) is 5.49. The van der Waals surface area contributed by atoms with Gasteiger partial charge in [0, 0.05) is 12.6 Å². The van der Waals surface area contributed by atoms with E-state index < -0.39 is 0 Å². The first-order valence-corrected chi connectivity index (χ1v) is 6.45. The lowest BCUT2D eigenvalue weighted by atomic mass is 10.2. The molecule has 108 valence electrons. The summed E-state index contributed by atoms with van der Waals surface area (Å²) < 4.78 is 5.40. The van der Waals surface area contributed by atoms with Crippen molar-refractivity contribution in [3.63, 3.8) is 0 Å². The molecule has 0 aromatic carbocycles. The molecule has 0 saturated heterocycles. The number of hydrogen-bond acceptors (Lipinski definition) is 5. The van der Waals surface area contributed by atoms with Crippen LogP contribution in [0.15, 0.2) is 16.7 Å². The molecule has 0 aliphatic heterocycles. The molecular formula is C13H24N4O2. The van der Waals surface area contributed by atoms with E-state index in [2.05, 4.69) is 29.1 Å². The normalized spacial score (nSPS) is 13.0. The van der Waals surface area contributed by atoms with Crippen LogP contribution in [-0.2, 0) is 6.54 Å². The molecule has 0 radical (unpaired) electrons. The largest absolute Gasteiger partial charge is 0.467 e. The molecule has 1 atom stereocenters. The van der Waals surface area contributed by atoms with Gasteiger partial charge in [-0.25, -0.2) is 5.84 Å². The second-order valence-corrected chi connectivity index (χ2v) is 4.91. The Labute approximate surface area is 114 Å². The molecule has 1 rings (SSSR count). The minimum absolute atomic E-state index is 0.319. The van der Waals surface area contributed by atoms with Gasteiger partial charge in [-0.1, -0.05) is 6.92 Å². The molecule has 19 heavy (non-hydrogen) atoms. The third kappa shape index (κ3) is 4.34. The fraction of sp³-hybridized carbons (Fsp3) is 0.615. The van der Waals surface area contributed by atoms with Crippen molar-refractivity contribution in [2.75, 3.05) is 27.2 Å². The summed E-state index contributed by atoms with van der Waals surface area (Å²) in [6.45, 7) is 6.69. The van der Waals surface area contributed by atoms with Gasteiger partial charge in [-0.2, -0.15) is 0 Å². The predicted molar refractivity (Wildman–Crippen MR) is 74.5 cm³/mol. The molecule has 1 amide bonds. The summed E-state index contributed by atoms with van der Waals surface area (Å²) in [4.78, 5) is 16.0. The Morgan fingerprint density at radius 3 is 2.74 bits per heavy atom. The minimum Gasteiger partial charge on any atom is -0.467 e. The molecule has 6 heteroatoms. The Balaban J connectivity index is 2.76. The fourth-order valence-electron chi connectivity index (χ4n) is 2.15. The van der Waals surface area contributed by atoms with Gasteiger partial charge in [-0.15, -0.1) is 0 Å². The van der Waals surface area contributed by atoms with Crippen LogP contribution in [0, 0.1) is 0 Å². The summed E-state index contributed by atoms with van der Waals surface area (Å²) in [6.07, 6.45) is 1.52. The number of likely N-dealkylation sites (N-methyl/N-ethyl adjacent to an activating group) is 2. The lowest BCUT2D eigenvalue weighted by Crippen LogP contribution is -2.40. The highest BCUT2D eigenvalue weighted by molar-refractivity contribution is 5.94. The summed E-state index contributed by atoms with van der Waals surface area (Å²) in [5.41, 5.74) is 2.63. The zero-order chi connectivity index (χ0) is 14.4. The predicted octanol–water partition coefficient (Wildman–Crippen LogP) is 0.655. The Bertz CT molecular complexity index is 403. The SMILES string of the molecule is CCN(Cc1occc1C(=O)NN)C(C)CN(C)C. The van der Waals surface area contributed by atoms with Crippen LogP contribution in [0.5, 0.6) is 0 Å². The van der Waals surface area contributed by atoms with Crippen LogP contribution in [0.2, 0.25) is 0 Å². The van der Waals surface area contributed by atoms with Gasteiger partial charge in [0.25, 0.3) is 5.91 Å². The van der Waals surface area contributed by atoms with E-state index in [9.17, 15) is 4.79 Å². The van der Waals surface area contributed by atoms with E-state index in [0.717, 1.165) is 13.1 Å². The highest BCUT2D eigenvalue weighted by Gasteiger charge is 2.19. The van der Waals surface area contributed by atoms with E-state index in [1.165, 1.54) is 6.26 Å². The Kier molecular flexibility index (Phi) is 6.01. The number of rotatable bonds is 7. The van der Waals surface area contributed by atoms with Crippen LogP contribution in [-0.4, -0.2) is 48.9 Å². The van der Waals surface area contributed by atoms with E-state index in [1.54, 1.807) is 6.07 Å². The van der Waals surface area contributed by atoms with Gasteiger partial charge in [0.05, 0.1) is 18.4 Å². The average molecular weight is 268 g/mol. The lowest BCUT2D eigenvalue weighted by molar-refractivity contribution is 0.0947. The molecule has 6 nitrogen and oxygen atoms in total. The van der Waals surface area contributed by atoms with Crippen molar-refractivity contribution in [2.24, 2.45) is 5.84 Å². The van der Waals surface area contributed by atoms with E-state index in [0.29, 0.717) is 23.9 Å².